The second-order valence-electron chi connectivity index (χ2n) is 8.35. The Morgan fingerprint density at radius 1 is 0.607 bits per heavy atom. The summed E-state index contributed by atoms with van der Waals surface area (Å²) >= 11 is -1.63. The van der Waals surface area contributed by atoms with E-state index in [4.69, 9.17) is 0 Å². The number of rotatable bonds is 5. The summed E-state index contributed by atoms with van der Waals surface area (Å²) in [6, 6.07) is 32.8. The van der Waals surface area contributed by atoms with Crippen LogP contribution in [0.3, 0.4) is 0 Å². The first-order valence-electron chi connectivity index (χ1n) is 10.2. The topological polar surface area (TPSA) is 0 Å². The SMILES string of the molecule is CC(C)C(C)(C)[Si](C)C.c1cc[c]([Ge]([c]2ccccc2)[c]2ccccc2)cc1. The van der Waals surface area contributed by atoms with Crippen LogP contribution in [0, 0.1) is 5.92 Å². The molecule has 146 valence electrons. The van der Waals surface area contributed by atoms with Crippen molar-refractivity contribution < 1.29 is 0 Å². The molecular weight excluding hydrogens is 413 g/mol. The van der Waals surface area contributed by atoms with Gasteiger partial charge in [-0.3, -0.25) is 0 Å². The molecule has 0 nitrogen and oxygen atoms in total. The minimum absolute atomic E-state index is 0.110. The first kappa shape index (κ1) is 22.7. The molecule has 0 atom stereocenters. The molecule has 0 heterocycles. The van der Waals surface area contributed by atoms with Gasteiger partial charge in [-0.1, -0.05) is 40.8 Å². The van der Waals surface area contributed by atoms with Gasteiger partial charge in [0.15, 0.2) is 0 Å². The van der Waals surface area contributed by atoms with Gasteiger partial charge in [-0.2, -0.15) is 0 Å². The van der Waals surface area contributed by atoms with E-state index in [9.17, 15) is 0 Å². The van der Waals surface area contributed by atoms with Crippen molar-refractivity contribution in [1.29, 1.82) is 0 Å². The van der Waals surface area contributed by atoms with E-state index >= 15 is 0 Å². The summed E-state index contributed by atoms with van der Waals surface area (Å²) in [5.41, 5.74) is 0. The molecule has 0 bridgehead atoms. The van der Waals surface area contributed by atoms with Gasteiger partial charge in [0.1, 0.15) is 0 Å². The van der Waals surface area contributed by atoms with Crippen LogP contribution in [0.25, 0.3) is 0 Å². The van der Waals surface area contributed by atoms with Gasteiger partial charge < -0.3 is 0 Å². The minimum atomic E-state index is -1.63. The van der Waals surface area contributed by atoms with Crippen LogP contribution in [0.5, 0.6) is 0 Å². The van der Waals surface area contributed by atoms with Crippen molar-refractivity contribution in [1.82, 2.24) is 0 Å². The van der Waals surface area contributed by atoms with E-state index in [0.29, 0.717) is 5.04 Å². The Hall–Kier alpha value is -1.58. The van der Waals surface area contributed by atoms with Crippen LogP contribution in [0.2, 0.25) is 18.1 Å². The second-order valence-corrected chi connectivity index (χ2v) is 16.8. The second kappa shape index (κ2) is 10.8. The summed E-state index contributed by atoms with van der Waals surface area (Å²) in [6.45, 7) is 14.2. The Balaban J connectivity index is 0.000000266. The molecule has 0 saturated heterocycles. The zero-order chi connectivity index (χ0) is 20.6. The third-order valence-corrected chi connectivity index (χ3v) is 14.8. The first-order valence-corrected chi connectivity index (χ1v) is 15.8. The maximum atomic E-state index is 2.39. The van der Waals surface area contributed by atoms with Crippen LogP contribution in [0.15, 0.2) is 91.0 Å². The Kier molecular flexibility index (Phi) is 8.78. The Morgan fingerprint density at radius 3 is 1.07 bits per heavy atom. The van der Waals surface area contributed by atoms with Crippen molar-refractivity contribution in [3.8, 4) is 0 Å². The molecule has 0 unspecified atom stereocenters. The molecule has 3 rings (SSSR count). The fraction of sp³-hybridized carbons (Fsp3) is 0.308. The fourth-order valence-electron chi connectivity index (χ4n) is 2.89. The molecule has 0 aliphatic rings. The number of hydrogen-bond donors (Lipinski definition) is 0. The third-order valence-electron chi connectivity index (χ3n) is 5.92. The fourth-order valence-corrected chi connectivity index (χ4v) is 9.45. The van der Waals surface area contributed by atoms with Crippen molar-refractivity contribution in [2.75, 3.05) is 0 Å². The van der Waals surface area contributed by atoms with Gasteiger partial charge in [0.25, 0.3) is 0 Å². The zero-order valence-electron chi connectivity index (χ0n) is 18.2. The summed E-state index contributed by atoms with van der Waals surface area (Å²) in [5.74, 6) is 0.835. The van der Waals surface area contributed by atoms with E-state index < -0.39 is 14.3 Å². The molecule has 0 aliphatic carbocycles. The Bertz CT molecular complexity index is 692. The van der Waals surface area contributed by atoms with E-state index in [1.165, 1.54) is 13.2 Å². The molecule has 3 aromatic rings. The molecule has 0 spiro atoms. The Morgan fingerprint density at radius 2 is 0.893 bits per heavy atom. The van der Waals surface area contributed by atoms with E-state index in [1.807, 2.05) is 0 Å². The van der Waals surface area contributed by atoms with Crippen LogP contribution >= 0.6 is 0 Å². The van der Waals surface area contributed by atoms with Crippen LogP contribution < -0.4 is 13.2 Å². The molecule has 0 amide bonds. The molecule has 0 aromatic heterocycles. The van der Waals surface area contributed by atoms with E-state index in [0.717, 1.165) is 5.92 Å². The standard InChI is InChI=1S/C18H15Ge.C8H19Si/c1-4-10-16(11-5-1)19(17-12-6-2-7-13-17)18-14-8-3-9-15-18;1-7(2)8(3,4)9(5)6/h1-15H;7H,1-6H3. The number of hydrogen-bond acceptors (Lipinski definition) is 0. The van der Waals surface area contributed by atoms with E-state index in [2.05, 4.69) is 132 Å². The van der Waals surface area contributed by atoms with Crippen LogP contribution in [0.1, 0.15) is 27.7 Å². The van der Waals surface area contributed by atoms with Crippen molar-refractivity contribution >= 4 is 36.3 Å². The van der Waals surface area contributed by atoms with Gasteiger partial charge in [-0.15, -0.1) is 0 Å². The molecule has 0 aliphatic heterocycles. The molecule has 28 heavy (non-hydrogen) atoms. The van der Waals surface area contributed by atoms with Crippen molar-refractivity contribution in [3.05, 3.63) is 91.0 Å². The monoisotopic (exact) mass is 448 g/mol. The Labute approximate surface area is 178 Å². The van der Waals surface area contributed by atoms with Gasteiger partial charge in [-0.25, -0.2) is 0 Å². The third kappa shape index (κ3) is 6.22. The predicted octanol–water partition coefficient (Wildman–Crippen LogP) is 5.38. The molecule has 0 saturated carbocycles. The van der Waals surface area contributed by atoms with Gasteiger partial charge in [0.05, 0.1) is 0 Å². The molecule has 0 N–H and O–H groups in total. The average Bonchev–Trinajstić information content (AvgIpc) is 2.71. The van der Waals surface area contributed by atoms with Crippen LogP contribution in [-0.4, -0.2) is 23.1 Å². The van der Waals surface area contributed by atoms with Gasteiger partial charge in [0, 0.05) is 8.80 Å². The van der Waals surface area contributed by atoms with Crippen LogP contribution in [0.4, 0.5) is 0 Å². The van der Waals surface area contributed by atoms with E-state index in [-0.39, 0.29) is 8.80 Å². The zero-order valence-corrected chi connectivity index (χ0v) is 21.3. The van der Waals surface area contributed by atoms with Crippen molar-refractivity contribution in [3.63, 3.8) is 0 Å². The van der Waals surface area contributed by atoms with E-state index in [1.54, 1.807) is 0 Å². The summed E-state index contributed by atoms with van der Waals surface area (Å²) in [6.07, 6.45) is 0. The average molecular weight is 447 g/mol. The van der Waals surface area contributed by atoms with Crippen molar-refractivity contribution in [2.45, 2.75) is 45.8 Å². The van der Waals surface area contributed by atoms with Gasteiger partial charge in [-0.05, 0) is 11.0 Å². The summed E-state index contributed by atoms with van der Waals surface area (Å²) in [4.78, 5) is 0. The van der Waals surface area contributed by atoms with Crippen LogP contribution in [-0.2, 0) is 0 Å². The summed E-state index contributed by atoms with van der Waals surface area (Å²) < 4.78 is 4.50. The normalized spacial score (nSPS) is 11.5. The molecule has 0 fully saturated rings. The number of benzene rings is 3. The molecule has 3 aromatic carbocycles. The quantitative estimate of drug-likeness (QED) is 0.461. The van der Waals surface area contributed by atoms with Gasteiger partial charge >= 0.3 is 119 Å². The summed E-state index contributed by atoms with van der Waals surface area (Å²) in [7, 11) is -0.110. The summed E-state index contributed by atoms with van der Waals surface area (Å²) in [5, 5.41) is 0.602. The molecular formula is C26H34GeSi. The molecule has 2 radical (unpaired) electrons. The molecule has 2 heteroatoms. The first-order chi connectivity index (χ1) is 13.3. The predicted molar refractivity (Wildman–Crippen MR) is 130 cm³/mol. The van der Waals surface area contributed by atoms with Gasteiger partial charge in [0.2, 0.25) is 0 Å². The maximum absolute atomic E-state index is 2.39. The van der Waals surface area contributed by atoms with Crippen molar-refractivity contribution in [2.24, 2.45) is 5.92 Å².